The van der Waals surface area contributed by atoms with Crippen LogP contribution < -0.4 is 25.6 Å². The maximum atomic E-state index is 12.1. The van der Waals surface area contributed by atoms with E-state index in [1.54, 1.807) is 42.5 Å². The van der Waals surface area contributed by atoms with Gasteiger partial charge in [0, 0.05) is 12.6 Å². The summed E-state index contributed by atoms with van der Waals surface area (Å²) in [5, 5.41) is 2.65. The molecule has 0 spiro atoms. The molecule has 140 valence electrons. The van der Waals surface area contributed by atoms with Crippen LogP contribution in [0.1, 0.15) is 12.5 Å². The van der Waals surface area contributed by atoms with Gasteiger partial charge >= 0.3 is 0 Å². The molecule has 0 radical (unpaired) electrons. The van der Waals surface area contributed by atoms with Crippen LogP contribution in [0.25, 0.3) is 0 Å². The van der Waals surface area contributed by atoms with E-state index in [4.69, 9.17) is 9.47 Å². The lowest BCUT2D eigenvalue weighted by atomic mass is 10.1. The molecule has 0 bridgehead atoms. The smallest absolute Gasteiger partial charge is 0.283 e. The summed E-state index contributed by atoms with van der Waals surface area (Å²) in [6.45, 7) is 1.48. The van der Waals surface area contributed by atoms with Crippen molar-refractivity contribution in [2.45, 2.75) is 19.4 Å². The van der Waals surface area contributed by atoms with Crippen molar-refractivity contribution in [1.82, 2.24) is 10.9 Å². The van der Waals surface area contributed by atoms with Crippen LogP contribution in [0, 0.1) is 0 Å². The van der Waals surface area contributed by atoms with Crippen molar-refractivity contribution >= 4 is 23.4 Å². The minimum absolute atomic E-state index is 0.0589. The average molecular weight is 369 g/mol. The number of para-hydroxylation sites is 2. The summed E-state index contributed by atoms with van der Waals surface area (Å²) in [7, 11) is 0. The van der Waals surface area contributed by atoms with Gasteiger partial charge in [-0.3, -0.25) is 25.2 Å². The van der Waals surface area contributed by atoms with E-state index in [1.807, 2.05) is 6.07 Å². The fourth-order valence-corrected chi connectivity index (χ4v) is 2.50. The lowest BCUT2D eigenvalue weighted by Gasteiger charge is -2.25. The van der Waals surface area contributed by atoms with Gasteiger partial charge in [0.25, 0.3) is 5.91 Å². The molecule has 2 aromatic rings. The minimum atomic E-state index is -0.850. The SMILES string of the molecule is CC(=O)Nc1ccc(CC(=O)NNC(=O)[C@H]2COc3ccccc3O2)cc1. The van der Waals surface area contributed by atoms with Crippen molar-refractivity contribution in [3.8, 4) is 11.5 Å². The van der Waals surface area contributed by atoms with Crippen LogP contribution in [-0.4, -0.2) is 30.4 Å². The fraction of sp³-hybridized carbons (Fsp3) is 0.211. The predicted molar refractivity (Wildman–Crippen MR) is 97.1 cm³/mol. The summed E-state index contributed by atoms with van der Waals surface area (Å²) in [4.78, 5) is 35.1. The molecule has 0 saturated heterocycles. The molecule has 8 nitrogen and oxygen atoms in total. The van der Waals surface area contributed by atoms with E-state index < -0.39 is 12.0 Å². The van der Waals surface area contributed by atoms with E-state index in [9.17, 15) is 14.4 Å². The molecule has 27 heavy (non-hydrogen) atoms. The first kappa shape index (κ1) is 18.2. The first-order valence-electron chi connectivity index (χ1n) is 8.35. The van der Waals surface area contributed by atoms with Gasteiger partial charge in [-0.1, -0.05) is 24.3 Å². The molecule has 0 fully saturated rings. The number of ether oxygens (including phenoxy) is 2. The Kier molecular flexibility index (Phi) is 5.55. The highest BCUT2D eigenvalue weighted by molar-refractivity contribution is 5.89. The van der Waals surface area contributed by atoms with E-state index in [0.29, 0.717) is 17.2 Å². The van der Waals surface area contributed by atoms with Gasteiger partial charge in [-0.05, 0) is 29.8 Å². The number of amides is 3. The Morgan fingerprint density at radius 2 is 1.70 bits per heavy atom. The molecule has 3 N–H and O–H groups in total. The Balaban J connectivity index is 1.46. The van der Waals surface area contributed by atoms with E-state index in [-0.39, 0.29) is 24.8 Å². The normalized spacial score (nSPS) is 14.8. The molecule has 2 aromatic carbocycles. The molecule has 1 atom stereocenters. The third-order valence-corrected chi connectivity index (χ3v) is 3.77. The van der Waals surface area contributed by atoms with Crippen LogP contribution in [0.3, 0.4) is 0 Å². The second kappa shape index (κ2) is 8.22. The Bertz CT molecular complexity index is 851. The van der Waals surface area contributed by atoms with Crippen molar-refractivity contribution in [3.63, 3.8) is 0 Å². The van der Waals surface area contributed by atoms with Gasteiger partial charge in [-0.15, -0.1) is 0 Å². The van der Waals surface area contributed by atoms with Gasteiger partial charge in [0.15, 0.2) is 11.5 Å². The van der Waals surface area contributed by atoms with Crippen molar-refractivity contribution in [3.05, 3.63) is 54.1 Å². The maximum absolute atomic E-state index is 12.1. The second-order valence-electron chi connectivity index (χ2n) is 5.96. The fourth-order valence-electron chi connectivity index (χ4n) is 2.50. The van der Waals surface area contributed by atoms with E-state index in [2.05, 4.69) is 16.2 Å². The number of nitrogens with one attached hydrogen (secondary N) is 3. The zero-order chi connectivity index (χ0) is 19.2. The van der Waals surface area contributed by atoms with E-state index >= 15 is 0 Å². The molecule has 0 aliphatic carbocycles. The number of anilines is 1. The third kappa shape index (κ3) is 4.97. The van der Waals surface area contributed by atoms with Crippen LogP contribution in [-0.2, 0) is 20.8 Å². The standard InChI is InChI=1S/C19H19N3O5/c1-12(23)20-14-8-6-13(7-9-14)10-18(24)21-22-19(25)17-11-26-15-4-2-3-5-16(15)27-17/h2-9,17H,10-11H2,1H3,(H,20,23)(H,21,24)(H,22,25)/t17-/m1/s1. The number of rotatable bonds is 4. The lowest BCUT2D eigenvalue weighted by molar-refractivity contribution is -0.134. The van der Waals surface area contributed by atoms with Crippen molar-refractivity contribution in [2.24, 2.45) is 0 Å². The number of hydrogen-bond donors (Lipinski definition) is 3. The molecule has 1 aliphatic heterocycles. The van der Waals surface area contributed by atoms with Gasteiger partial charge in [-0.25, -0.2) is 0 Å². The van der Waals surface area contributed by atoms with Gasteiger partial charge in [0.2, 0.25) is 17.9 Å². The van der Waals surface area contributed by atoms with Crippen LogP contribution in [0.4, 0.5) is 5.69 Å². The quantitative estimate of drug-likeness (QED) is 0.702. The van der Waals surface area contributed by atoms with Crippen molar-refractivity contribution in [2.75, 3.05) is 11.9 Å². The molecule has 8 heteroatoms. The van der Waals surface area contributed by atoms with E-state index in [1.165, 1.54) is 6.92 Å². The Hall–Kier alpha value is -3.55. The summed E-state index contributed by atoms with van der Waals surface area (Å²) in [5.41, 5.74) is 6.08. The molecule has 0 saturated carbocycles. The Labute approximate surface area is 155 Å². The Morgan fingerprint density at radius 1 is 1.00 bits per heavy atom. The number of fused-ring (bicyclic) bond motifs is 1. The maximum Gasteiger partial charge on any atom is 0.283 e. The zero-order valence-electron chi connectivity index (χ0n) is 14.7. The molecular weight excluding hydrogens is 350 g/mol. The molecular formula is C19H19N3O5. The highest BCUT2D eigenvalue weighted by atomic mass is 16.6. The number of carbonyl (C=O) groups is 3. The number of benzene rings is 2. The zero-order valence-corrected chi connectivity index (χ0v) is 14.7. The van der Waals surface area contributed by atoms with Crippen molar-refractivity contribution in [1.29, 1.82) is 0 Å². The van der Waals surface area contributed by atoms with Gasteiger partial charge in [0.1, 0.15) is 6.61 Å². The Morgan fingerprint density at radius 3 is 2.41 bits per heavy atom. The third-order valence-electron chi connectivity index (χ3n) is 3.77. The van der Waals surface area contributed by atoms with Crippen LogP contribution in [0.2, 0.25) is 0 Å². The molecule has 1 heterocycles. The average Bonchev–Trinajstić information content (AvgIpc) is 2.67. The van der Waals surface area contributed by atoms with Gasteiger partial charge < -0.3 is 14.8 Å². The highest BCUT2D eigenvalue weighted by Gasteiger charge is 2.27. The second-order valence-corrected chi connectivity index (χ2v) is 5.96. The molecule has 0 aromatic heterocycles. The lowest BCUT2D eigenvalue weighted by Crippen LogP contribution is -2.51. The van der Waals surface area contributed by atoms with Crippen molar-refractivity contribution < 1.29 is 23.9 Å². The molecule has 1 aliphatic rings. The van der Waals surface area contributed by atoms with Gasteiger partial charge in [-0.2, -0.15) is 0 Å². The molecule has 3 amide bonds. The summed E-state index contributed by atoms with van der Waals surface area (Å²) in [6, 6.07) is 13.9. The number of hydrogen-bond acceptors (Lipinski definition) is 5. The molecule has 0 unspecified atom stereocenters. The minimum Gasteiger partial charge on any atom is -0.485 e. The summed E-state index contributed by atoms with van der Waals surface area (Å²) >= 11 is 0. The summed E-state index contributed by atoms with van der Waals surface area (Å²) in [5.74, 6) is 0.00846. The van der Waals surface area contributed by atoms with Crippen LogP contribution in [0.5, 0.6) is 11.5 Å². The topological polar surface area (TPSA) is 106 Å². The first-order valence-corrected chi connectivity index (χ1v) is 8.35. The molecule has 3 rings (SSSR count). The summed E-state index contributed by atoms with van der Waals surface area (Å²) in [6.07, 6.45) is -0.775. The van der Waals surface area contributed by atoms with Gasteiger partial charge in [0.05, 0.1) is 6.42 Å². The highest BCUT2D eigenvalue weighted by Crippen LogP contribution is 2.30. The van der Waals surface area contributed by atoms with E-state index in [0.717, 1.165) is 5.56 Å². The summed E-state index contributed by atoms with van der Waals surface area (Å²) < 4.78 is 11.0. The number of hydrazine groups is 1. The monoisotopic (exact) mass is 369 g/mol. The van der Waals surface area contributed by atoms with Crippen LogP contribution in [0.15, 0.2) is 48.5 Å². The largest absolute Gasteiger partial charge is 0.485 e. The predicted octanol–water partition coefficient (Wildman–Crippen LogP) is 1.17. The first-order chi connectivity index (χ1) is 13.0. The number of carbonyl (C=O) groups excluding carboxylic acids is 3. The van der Waals surface area contributed by atoms with Crippen LogP contribution >= 0.6 is 0 Å².